The largest absolute Gasteiger partial charge is 0.351 e. The van der Waals surface area contributed by atoms with Crippen molar-refractivity contribution in [3.8, 4) is 16.9 Å². The number of aryl methyl sites for hydroxylation is 1. The van der Waals surface area contributed by atoms with E-state index < -0.39 is 10.0 Å². The van der Waals surface area contributed by atoms with Crippen molar-refractivity contribution in [1.82, 2.24) is 34.4 Å². The zero-order valence-corrected chi connectivity index (χ0v) is 21.6. The summed E-state index contributed by atoms with van der Waals surface area (Å²) in [6, 6.07) is 4.01. The van der Waals surface area contributed by atoms with E-state index in [2.05, 4.69) is 42.5 Å². The molecule has 4 rings (SSSR count). The summed E-state index contributed by atoms with van der Waals surface area (Å²) in [4.78, 5) is 17.2. The van der Waals surface area contributed by atoms with Gasteiger partial charge >= 0.3 is 0 Å². The fraction of sp³-hybridized carbons (Fsp3) is 0.458. The van der Waals surface area contributed by atoms with Crippen molar-refractivity contribution >= 4 is 21.7 Å². The van der Waals surface area contributed by atoms with Crippen molar-refractivity contribution < 1.29 is 8.42 Å². The zero-order valence-electron chi connectivity index (χ0n) is 20.8. The predicted octanol–water partition coefficient (Wildman–Crippen LogP) is 2.92. The van der Waals surface area contributed by atoms with Gasteiger partial charge in [0.05, 0.1) is 41.3 Å². The molecule has 0 atom stereocenters. The molecule has 3 aromatic heterocycles. The molecule has 1 saturated heterocycles. The number of aromatic nitrogens is 5. The number of pyridine rings is 1. The molecule has 0 unspecified atom stereocenters. The van der Waals surface area contributed by atoms with Crippen LogP contribution < -0.4 is 10.6 Å². The summed E-state index contributed by atoms with van der Waals surface area (Å²) in [5.41, 5.74) is 4.20. The van der Waals surface area contributed by atoms with Gasteiger partial charge in [-0.25, -0.2) is 32.2 Å². The number of anilines is 1. The van der Waals surface area contributed by atoms with Crippen LogP contribution in [0.3, 0.4) is 0 Å². The van der Waals surface area contributed by atoms with E-state index in [4.69, 9.17) is 6.57 Å². The Bertz CT molecular complexity index is 1360. The molecular weight excluding hydrogens is 478 g/mol. The number of sulfonamides is 1. The number of hydrogen-bond acceptors (Lipinski definition) is 8. The van der Waals surface area contributed by atoms with Crippen LogP contribution in [-0.4, -0.2) is 68.9 Å². The summed E-state index contributed by atoms with van der Waals surface area (Å²) in [5, 5.41) is 11.1. The van der Waals surface area contributed by atoms with Crippen LogP contribution in [0.15, 0.2) is 30.7 Å². The van der Waals surface area contributed by atoms with Crippen molar-refractivity contribution in [2.45, 2.75) is 46.2 Å². The predicted molar refractivity (Wildman–Crippen MR) is 138 cm³/mol. The fourth-order valence-electron chi connectivity index (χ4n) is 4.16. The maximum Gasteiger partial charge on any atom is 0.231 e. The molecule has 12 heteroatoms. The number of piperidine rings is 1. The Kier molecular flexibility index (Phi) is 7.93. The average molecular weight is 510 g/mol. The van der Waals surface area contributed by atoms with Crippen LogP contribution in [0.2, 0.25) is 0 Å². The van der Waals surface area contributed by atoms with Crippen LogP contribution in [-0.2, 0) is 16.6 Å². The van der Waals surface area contributed by atoms with Gasteiger partial charge in [0.15, 0.2) is 0 Å². The summed E-state index contributed by atoms with van der Waals surface area (Å²) in [7, 11) is -3.18. The van der Waals surface area contributed by atoms with E-state index in [0.29, 0.717) is 55.4 Å². The minimum Gasteiger partial charge on any atom is -0.351 e. The number of hydrogen-bond donors (Lipinski definition) is 2. The highest BCUT2D eigenvalue weighted by molar-refractivity contribution is 7.89. The highest BCUT2D eigenvalue weighted by Gasteiger charge is 2.27. The van der Waals surface area contributed by atoms with E-state index in [1.54, 1.807) is 17.8 Å². The van der Waals surface area contributed by atoms with Crippen LogP contribution in [0.25, 0.3) is 21.8 Å². The molecule has 0 radical (unpaired) electrons. The van der Waals surface area contributed by atoms with Gasteiger partial charge in [-0.3, -0.25) is 4.98 Å². The lowest BCUT2D eigenvalue weighted by Crippen LogP contribution is -2.43. The topological polar surface area (TPSA) is 122 Å². The van der Waals surface area contributed by atoms with E-state index in [-0.39, 0.29) is 11.8 Å². The van der Waals surface area contributed by atoms with Gasteiger partial charge < -0.3 is 10.6 Å². The molecule has 0 amide bonds. The van der Waals surface area contributed by atoms with E-state index in [1.807, 2.05) is 25.3 Å². The first-order valence-corrected chi connectivity index (χ1v) is 13.7. The molecule has 4 heterocycles. The lowest BCUT2D eigenvalue weighted by molar-refractivity contribution is 0.329. The average Bonchev–Trinajstić information content (AvgIpc) is 3.37. The molecule has 1 aliphatic rings. The Morgan fingerprint density at radius 1 is 1.17 bits per heavy atom. The molecule has 11 nitrogen and oxygen atoms in total. The lowest BCUT2D eigenvalue weighted by atomic mass is 10.1. The van der Waals surface area contributed by atoms with Crippen molar-refractivity contribution in [2.75, 3.05) is 30.7 Å². The Balaban J connectivity index is 1.51. The van der Waals surface area contributed by atoms with Crippen molar-refractivity contribution in [1.29, 1.82) is 0 Å². The van der Waals surface area contributed by atoms with Gasteiger partial charge in [0.1, 0.15) is 0 Å². The molecular formula is C24H31N9O2S. The molecule has 2 N–H and O–H groups in total. The van der Waals surface area contributed by atoms with Crippen LogP contribution in [0.4, 0.5) is 11.6 Å². The third-order valence-electron chi connectivity index (χ3n) is 6.21. The summed E-state index contributed by atoms with van der Waals surface area (Å²) in [6.07, 6.45) is 6.35. The maximum atomic E-state index is 12.1. The van der Waals surface area contributed by atoms with Gasteiger partial charge in [-0.15, -0.1) is 0 Å². The maximum absolute atomic E-state index is 12.1. The van der Waals surface area contributed by atoms with Gasteiger partial charge in [-0.05, 0) is 45.4 Å². The van der Waals surface area contributed by atoms with Crippen LogP contribution >= 0.6 is 0 Å². The third-order valence-corrected chi connectivity index (χ3v) is 8.09. The van der Waals surface area contributed by atoms with Gasteiger partial charge in [0.25, 0.3) is 0 Å². The van der Waals surface area contributed by atoms with Gasteiger partial charge in [0.2, 0.25) is 21.7 Å². The monoisotopic (exact) mass is 509 g/mol. The Morgan fingerprint density at radius 2 is 1.94 bits per heavy atom. The quantitative estimate of drug-likeness (QED) is 0.422. The van der Waals surface area contributed by atoms with Crippen LogP contribution in [0.5, 0.6) is 0 Å². The molecule has 190 valence electrons. The van der Waals surface area contributed by atoms with Gasteiger partial charge in [-0.2, -0.15) is 5.10 Å². The lowest BCUT2D eigenvalue weighted by Gasteiger charge is -2.31. The summed E-state index contributed by atoms with van der Waals surface area (Å²) >= 11 is 0. The highest BCUT2D eigenvalue weighted by Crippen LogP contribution is 2.30. The van der Waals surface area contributed by atoms with Crippen molar-refractivity contribution in [3.05, 3.63) is 53.5 Å². The second-order valence-electron chi connectivity index (χ2n) is 8.62. The second-order valence-corrected chi connectivity index (χ2v) is 10.9. The van der Waals surface area contributed by atoms with Crippen molar-refractivity contribution in [2.24, 2.45) is 0 Å². The zero-order chi connectivity index (χ0) is 25.7. The molecule has 0 spiro atoms. The molecule has 1 fully saturated rings. The summed E-state index contributed by atoms with van der Waals surface area (Å²) in [5.74, 6) is 0.520. The summed E-state index contributed by atoms with van der Waals surface area (Å²) < 4.78 is 27.5. The van der Waals surface area contributed by atoms with E-state index in [0.717, 1.165) is 23.6 Å². The van der Waals surface area contributed by atoms with Gasteiger partial charge in [-0.1, -0.05) is 6.92 Å². The highest BCUT2D eigenvalue weighted by atomic mass is 32.2. The Labute approximate surface area is 211 Å². The summed E-state index contributed by atoms with van der Waals surface area (Å²) in [6.45, 7) is 15.7. The number of nitrogens with zero attached hydrogens (tertiary/aromatic N) is 7. The smallest absolute Gasteiger partial charge is 0.231 e. The molecule has 0 saturated carbocycles. The first kappa shape index (κ1) is 25.7. The van der Waals surface area contributed by atoms with Gasteiger partial charge in [0, 0.05) is 43.6 Å². The first-order chi connectivity index (χ1) is 17.3. The minimum atomic E-state index is -3.18. The first-order valence-electron chi connectivity index (χ1n) is 12.1. The number of rotatable bonds is 9. The second kappa shape index (κ2) is 11.1. The van der Waals surface area contributed by atoms with Crippen molar-refractivity contribution in [3.63, 3.8) is 0 Å². The molecule has 3 aromatic rings. The van der Waals surface area contributed by atoms with Crippen LogP contribution in [0.1, 0.15) is 38.1 Å². The van der Waals surface area contributed by atoms with E-state index >= 15 is 0 Å². The molecule has 1 aliphatic heterocycles. The molecule has 0 aliphatic carbocycles. The number of nitrogens with one attached hydrogen (secondary N) is 2. The van der Waals surface area contributed by atoms with Crippen LogP contribution in [0, 0.1) is 13.5 Å². The van der Waals surface area contributed by atoms with E-state index in [9.17, 15) is 8.42 Å². The standard InChI is InChI=1S/C24H31N9O2S/c1-5-26-14-20-7-8-22(17(3)29-20)33-16-18(13-28-33)23-21(25-4)15-27-24(31-23)30-19-9-11-32(12-10-19)36(34,35)6-2/h7-8,13,15-16,19,26H,5-6,9-12,14H2,1-3H3,(H,27,30,31). The SMILES string of the molecule is [C-]#[N+]c1cnc(NC2CCN(S(=O)(=O)CC)CC2)nc1-c1cnn(-c2ccc(CNCC)nc2C)c1. The molecule has 36 heavy (non-hydrogen) atoms. The Hall–Kier alpha value is -3.40. The third kappa shape index (κ3) is 5.70. The Morgan fingerprint density at radius 3 is 2.61 bits per heavy atom. The molecule has 0 aromatic carbocycles. The van der Waals surface area contributed by atoms with E-state index in [1.165, 1.54) is 10.5 Å². The minimum absolute atomic E-state index is 0.0529. The normalized spacial score (nSPS) is 15.1. The fourth-order valence-corrected chi connectivity index (χ4v) is 5.29. The molecule has 0 bridgehead atoms.